The quantitative estimate of drug-likeness (QED) is 0.835. The standard InChI is InChI=1S/C14H22N4/c1-18-7-10(5-17-18)11(15)6-16-14-12-8-2-3-9(4-8)13(12)14/h5,7-9,11-14,16H,2-4,6,15H2,1H3. The Balaban J connectivity index is 1.33. The molecule has 5 unspecified atom stereocenters. The first kappa shape index (κ1) is 11.0. The third kappa shape index (κ3) is 1.55. The Morgan fingerprint density at radius 2 is 2.17 bits per heavy atom. The molecule has 1 heterocycles. The molecule has 2 bridgehead atoms. The number of aryl methyl sites for hydroxylation is 1. The molecule has 4 rings (SSSR count). The SMILES string of the molecule is Cn1cc(C(N)CNC2C3C4CCC(C4)C23)cn1. The van der Waals surface area contributed by atoms with Gasteiger partial charge in [-0.25, -0.2) is 0 Å². The van der Waals surface area contributed by atoms with Crippen LogP contribution in [0, 0.1) is 23.7 Å². The van der Waals surface area contributed by atoms with Crippen molar-refractivity contribution in [3.8, 4) is 0 Å². The van der Waals surface area contributed by atoms with Crippen LogP contribution in [0.3, 0.4) is 0 Å². The number of hydrogen-bond acceptors (Lipinski definition) is 3. The lowest BCUT2D eigenvalue weighted by molar-refractivity contribution is 0.451. The van der Waals surface area contributed by atoms with Gasteiger partial charge in [-0.15, -0.1) is 0 Å². The predicted molar refractivity (Wildman–Crippen MR) is 69.7 cm³/mol. The molecule has 0 aliphatic heterocycles. The molecule has 3 saturated carbocycles. The molecule has 3 aliphatic carbocycles. The van der Waals surface area contributed by atoms with E-state index in [1.54, 1.807) is 0 Å². The minimum Gasteiger partial charge on any atom is -0.323 e. The molecule has 4 nitrogen and oxygen atoms in total. The lowest BCUT2D eigenvalue weighted by Crippen LogP contribution is -2.31. The summed E-state index contributed by atoms with van der Waals surface area (Å²) in [4.78, 5) is 0. The van der Waals surface area contributed by atoms with Gasteiger partial charge in [0.15, 0.2) is 0 Å². The molecule has 4 heteroatoms. The van der Waals surface area contributed by atoms with Crippen LogP contribution in [0.4, 0.5) is 0 Å². The monoisotopic (exact) mass is 246 g/mol. The normalized spacial score (nSPS) is 42.0. The summed E-state index contributed by atoms with van der Waals surface area (Å²) in [5.41, 5.74) is 7.34. The zero-order valence-electron chi connectivity index (χ0n) is 10.9. The average molecular weight is 246 g/mol. The van der Waals surface area contributed by atoms with Gasteiger partial charge < -0.3 is 11.1 Å². The van der Waals surface area contributed by atoms with E-state index in [0.717, 1.165) is 41.8 Å². The van der Waals surface area contributed by atoms with E-state index in [0.29, 0.717) is 0 Å². The minimum atomic E-state index is 0.0812. The molecule has 5 atom stereocenters. The van der Waals surface area contributed by atoms with Crippen molar-refractivity contribution < 1.29 is 0 Å². The van der Waals surface area contributed by atoms with Crippen LogP contribution in [0.15, 0.2) is 12.4 Å². The molecular formula is C14H22N4. The van der Waals surface area contributed by atoms with Crippen LogP contribution in [0.2, 0.25) is 0 Å². The number of nitrogens with one attached hydrogen (secondary N) is 1. The lowest BCUT2D eigenvalue weighted by atomic mass is 10.0. The van der Waals surface area contributed by atoms with E-state index in [-0.39, 0.29) is 6.04 Å². The van der Waals surface area contributed by atoms with E-state index in [1.165, 1.54) is 19.3 Å². The number of fused-ring (bicyclic) bond motifs is 5. The van der Waals surface area contributed by atoms with Gasteiger partial charge in [0.05, 0.1) is 6.20 Å². The molecule has 18 heavy (non-hydrogen) atoms. The molecule has 0 radical (unpaired) electrons. The van der Waals surface area contributed by atoms with Crippen molar-refractivity contribution in [2.75, 3.05) is 6.54 Å². The van der Waals surface area contributed by atoms with E-state index in [1.807, 2.05) is 24.1 Å². The molecule has 98 valence electrons. The topological polar surface area (TPSA) is 55.9 Å². The maximum absolute atomic E-state index is 6.20. The zero-order chi connectivity index (χ0) is 12.3. The van der Waals surface area contributed by atoms with Crippen molar-refractivity contribution in [2.24, 2.45) is 36.5 Å². The number of aromatic nitrogens is 2. The van der Waals surface area contributed by atoms with Gasteiger partial charge in [-0.05, 0) is 42.9 Å². The molecule has 3 N–H and O–H groups in total. The Hall–Kier alpha value is -0.870. The van der Waals surface area contributed by atoms with Crippen LogP contribution >= 0.6 is 0 Å². The number of hydrogen-bond donors (Lipinski definition) is 2. The highest BCUT2D eigenvalue weighted by Gasteiger charge is 2.64. The first-order chi connectivity index (χ1) is 8.74. The molecule has 0 aromatic carbocycles. The van der Waals surface area contributed by atoms with Gasteiger partial charge in [-0.2, -0.15) is 5.10 Å². The minimum absolute atomic E-state index is 0.0812. The van der Waals surface area contributed by atoms with E-state index < -0.39 is 0 Å². The highest BCUT2D eigenvalue weighted by Crippen LogP contribution is 2.65. The maximum Gasteiger partial charge on any atom is 0.0537 e. The van der Waals surface area contributed by atoms with Crippen molar-refractivity contribution in [1.82, 2.24) is 15.1 Å². The smallest absolute Gasteiger partial charge is 0.0537 e. The lowest BCUT2D eigenvalue weighted by Gasteiger charge is -2.14. The van der Waals surface area contributed by atoms with Crippen LogP contribution in [0.5, 0.6) is 0 Å². The first-order valence-electron chi connectivity index (χ1n) is 7.21. The molecule has 0 spiro atoms. The second kappa shape index (κ2) is 3.81. The van der Waals surface area contributed by atoms with Gasteiger partial charge in [0.1, 0.15) is 0 Å². The summed E-state index contributed by atoms with van der Waals surface area (Å²) in [6, 6.07) is 0.858. The summed E-state index contributed by atoms with van der Waals surface area (Å²) in [6.07, 6.45) is 8.38. The summed E-state index contributed by atoms with van der Waals surface area (Å²) in [5, 5.41) is 7.89. The van der Waals surface area contributed by atoms with E-state index in [2.05, 4.69) is 10.4 Å². The van der Waals surface area contributed by atoms with E-state index >= 15 is 0 Å². The van der Waals surface area contributed by atoms with Gasteiger partial charge >= 0.3 is 0 Å². The summed E-state index contributed by atoms with van der Waals surface area (Å²) >= 11 is 0. The molecule has 3 aliphatic rings. The molecule has 1 aromatic heterocycles. The Bertz CT molecular complexity index is 438. The van der Waals surface area contributed by atoms with Crippen molar-refractivity contribution in [2.45, 2.75) is 31.3 Å². The summed E-state index contributed by atoms with van der Waals surface area (Å²) in [6.45, 7) is 0.892. The Kier molecular flexibility index (Phi) is 2.33. The highest BCUT2D eigenvalue weighted by molar-refractivity contribution is 5.17. The van der Waals surface area contributed by atoms with Crippen LogP contribution in [-0.2, 0) is 7.05 Å². The molecule has 1 aromatic rings. The van der Waals surface area contributed by atoms with Gasteiger partial charge in [0, 0.05) is 37.4 Å². The maximum atomic E-state index is 6.20. The molecule has 0 amide bonds. The fourth-order valence-electron chi connectivity index (χ4n) is 4.61. The molecule has 0 saturated heterocycles. The Labute approximate surface area is 108 Å². The Morgan fingerprint density at radius 3 is 2.78 bits per heavy atom. The number of rotatable bonds is 4. The van der Waals surface area contributed by atoms with Crippen molar-refractivity contribution in [1.29, 1.82) is 0 Å². The first-order valence-corrected chi connectivity index (χ1v) is 7.21. The average Bonchev–Trinajstić information content (AvgIpc) is 2.77. The molecular weight excluding hydrogens is 224 g/mol. The number of nitrogens with zero attached hydrogens (tertiary/aromatic N) is 2. The summed E-state index contributed by atoms with van der Waals surface area (Å²) in [7, 11) is 1.94. The fraction of sp³-hybridized carbons (Fsp3) is 0.786. The van der Waals surface area contributed by atoms with Crippen molar-refractivity contribution in [3.63, 3.8) is 0 Å². The second-order valence-corrected chi connectivity index (χ2v) is 6.48. The van der Waals surface area contributed by atoms with E-state index in [9.17, 15) is 0 Å². The molecule has 3 fully saturated rings. The van der Waals surface area contributed by atoms with Crippen LogP contribution in [-0.4, -0.2) is 22.4 Å². The van der Waals surface area contributed by atoms with Crippen molar-refractivity contribution in [3.05, 3.63) is 18.0 Å². The van der Waals surface area contributed by atoms with Crippen LogP contribution in [0.1, 0.15) is 30.9 Å². The zero-order valence-corrected chi connectivity index (χ0v) is 10.9. The third-order valence-electron chi connectivity index (χ3n) is 5.46. The van der Waals surface area contributed by atoms with Gasteiger partial charge in [0.25, 0.3) is 0 Å². The van der Waals surface area contributed by atoms with Gasteiger partial charge in [-0.1, -0.05) is 0 Å². The Morgan fingerprint density at radius 1 is 1.44 bits per heavy atom. The van der Waals surface area contributed by atoms with Crippen LogP contribution < -0.4 is 11.1 Å². The largest absolute Gasteiger partial charge is 0.323 e. The third-order valence-corrected chi connectivity index (χ3v) is 5.46. The van der Waals surface area contributed by atoms with Crippen molar-refractivity contribution >= 4 is 0 Å². The van der Waals surface area contributed by atoms with Gasteiger partial charge in [0.2, 0.25) is 0 Å². The predicted octanol–water partition coefficient (Wildman–Crippen LogP) is 1.05. The summed E-state index contributed by atoms with van der Waals surface area (Å²) in [5.74, 6) is 4.05. The van der Waals surface area contributed by atoms with E-state index in [4.69, 9.17) is 5.73 Å². The number of nitrogens with two attached hydrogens (primary N) is 1. The fourth-order valence-corrected chi connectivity index (χ4v) is 4.61. The second-order valence-electron chi connectivity index (χ2n) is 6.48. The summed E-state index contributed by atoms with van der Waals surface area (Å²) < 4.78 is 1.82. The van der Waals surface area contributed by atoms with Gasteiger partial charge in [-0.3, -0.25) is 4.68 Å². The highest BCUT2D eigenvalue weighted by atomic mass is 15.2. The van der Waals surface area contributed by atoms with Crippen LogP contribution in [0.25, 0.3) is 0 Å².